The fourth-order valence-electron chi connectivity index (χ4n) is 3.34. The van der Waals surface area contributed by atoms with E-state index in [1.807, 2.05) is 11.0 Å². The van der Waals surface area contributed by atoms with Crippen molar-refractivity contribution < 1.29 is 13.9 Å². The van der Waals surface area contributed by atoms with Crippen LogP contribution < -0.4 is 4.74 Å². The summed E-state index contributed by atoms with van der Waals surface area (Å²) in [6.07, 6.45) is 0.910. The topological polar surface area (TPSA) is 32.8 Å². The first-order valence-corrected chi connectivity index (χ1v) is 9.10. The Hall–Kier alpha value is -2.40. The number of carbonyl (C=O) groups excluding carboxylic acids is 1. The maximum absolute atomic E-state index is 12.9. The van der Waals surface area contributed by atoms with Gasteiger partial charge < -0.3 is 9.64 Å². The van der Waals surface area contributed by atoms with E-state index < -0.39 is 0 Å². The molecule has 0 spiro atoms. The van der Waals surface area contributed by atoms with Gasteiger partial charge in [-0.25, -0.2) is 4.39 Å². The normalized spacial score (nSPS) is 17.9. The molecule has 1 atom stereocenters. The highest BCUT2D eigenvalue weighted by Gasteiger charge is 2.29. The first-order chi connectivity index (χ1) is 12.7. The summed E-state index contributed by atoms with van der Waals surface area (Å²) in [5.41, 5.74) is 1.29. The Morgan fingerprint density at radius 3 is 2.54 bits per heavy atom. The van der Waals surface area contributed by atoms with E-state index in [4.69, 9.17) is 4.74 Å². The monoisotopic (exact) mass is 356 g/mol. The zero-order valence-electron chi connectivity index (χ0n) is 15.1. The minimum Gasteiger partial charge on any atom is -0.484 e. The Balaban J connectivity index is 1.53. The lowest BCUT2D eigenvalue weighted by Crippen LogP contribution is -2.55. The SMILES string of the molecule is CC[C@@H]1CN(Cc2ccccc2)CCN1C(=O)COc1ccc(F)cc1. The van der Waals surface area contributed by atoms with Crippen molar-refractivity contribution in [2.45, 2.75) is 25.9 Å². The average Bonchev–Trinajstić information content (AvgIpc) is 2.68. The number of hydrogen-bond acceptors (Lipinski definition) is 3. The van der Waals surface area contributed by atoms with Crippen molar-refractivity contribution in [2.75, 3.05) is 26.2 Å². The summed E-state index contributed by atoms with van der Waals surface area (Å²) in [6.45, 7) is 5.43. The predicted molar refractivity (Wildman–Crippen MR) is 99.4 cm³/mol. The van der Waals surface area contributed by atoms with Gasteiger partial charge >= 0.3 is 0 Å². The molecule has 1 saturated heterocycles. The zero-order chi connectivity index (χ0) is 18.4. The van der Waals surface area contributed by atoms with Crippen LogP contribution in [0.4, 0.5) is 4.39 Å². The van der Waals surface area contributed by atoms with Gasteiger partial charge in [-0.05, 0) is 36.2 Å². The largest absolute Gasteiger partial charge is 0.484 e. The number of hydrogen-bond donors (Lipinski definition) is 0. The molecule has 1 heterocycles. The molecule has 138 valence electrons. The summed E-state index contributed by atoms with van der Waals surface area (Å²) in [5.74, 6) is 0.181. The maximum atomic E-state index is 12.9. The van der Waals surface area contributed by atoms with Gasteiger partial charge in [0.1, 0.15) is 11.6 Å². The summed E-state index contributed by atoms with van der Waals surface area (Å²) in [5, 5.41) is 0. The van der Waals surface area contributed by atoms with Gasteiger partial charge in [0.15, 0.2) is 6.61 Å². The van der Waals surface area contributed by atoms with Crippen molar-refractivity contribution in [3.05, 3.63) is 66.0 Å². The van der Waals surface area contributed by atoms with E-state index in [9.17, 15) is 9.18 Å². The summed E-state index contributed by atoms with van der Waals surface area (Å²) < 4.78 is 18.5. The van der Waals surface area contributed by atoms with Crippen molar-refractivity contribution in [1.82, 2.24) is 9.80 Å². The highest BCUT2D eigenvalue weighted by Crippen LogP contribution is 2.17. The molecule has 0 unspecified atom stereocenters. The number of carbonyl (C=O) groups is 1. The predicted octanol–water partition coefficient (Wildman–Crippen LogP) is 3.33. The summed E-state index contributed by atoms with van der Waals surface area (Å²) in [7, 11) is 0. The van der Waals surface area contributed by atoms with Gasteiger partial charge in [0, 0.05) is 32.2 Å². The minimum atomic E-state index is -0.315. The van der Waals surface area contributed by atoms with Crippen LogP contribution >= 0.6 is 0 Å². The van der Waals surface area contributed by atoms with Gasteiger partial charge in [-0.2, -0.15) is 0 Å². The van der Waals surface area contributed by atoms with E-state index in [0.29, 0.717) is 12.3 Å². The molecule has 0 radical (unpaired) electrons. The van der Waals surface area contributed by atoms with Crippen LogP contribution in [0.1, 0.15) is 18.9 Å². The molecule has 0 saturated carbocycles. The van der Waals surface area contributed by atoms with Crippen LogP contribution in [-0.2, 0) is 11.3 Å². The van der Waals surface area contributed by atoms with E-state index in [0.717, 1.165) is 26.1 Å². The molecule has 0 N–H and O–H groups in total. The molecule has 3 rings (SSSR count). The highest BCUT2D eigenvalue weighted by molar-refractivity contribution is 5.78. The molecular formula is C21H25FN2O2. The molecule has 2 aromatic carbocycles. The molecule has 5 heteroatoms. The molecule has 1 fully saturated rings. The zero-order valence-corrected chi connectivity index (χ0v) is 15.1. The number of rotatable bonds is 6. The number of ether oxygens (including phenoxy) is 1. The molecule has 1 aliphatic rings. The number of amides is 1. The lowest BCUT2D eigenvalue weighted by Gasteiger charge is -2.41. The van der Waals surface area contributed by atoms with E-state index in [1.54, 1.807) is 0 Å². The first kappa shape index (κ1) is 18.4. The number of nitrogens with zero attached hydrogens (tertiary/aromatic N) is 2. The molecular weight excluding hydrogens is 331 g/mol. The fraction of sp³-hybridized carbons (Fsp3) is 0.381. The van der Waals surface area contributed by atoms with Gasteiger partial charge in [0.25, 0.3) is 5.91 Å². The maximum Gasteiger partial charge on any atom is 0.260 e. The van der Waals surface area contributed by atoms with E-state index in [2.05, 4.69) is 36.1 Å². The van der Waals surface area contributed by atoms with Gasteiger partial charge in [-0.3, -0.25) is 9.69 Å². The second-order valence-corrected chi connectivity index (χ2v) is 6.61. The van der Waals surface area contributed by atoms with Gasteiger partial charge in [0.2, 0.25) is 0 Å². The number of piperazine rings is 1. The van der Waals surface area contributed by atoms with E-state index >= 15 is 0 Å². The molecule has 0 aromatic heterocycles. The lowest BCUT2D eigenvalue weighted by atomic mass is 10.1. The molecule has 2 aromatic rings. The summed E-state index contributed by atoms with van der Waals surface area (Å²) in [4.78, 5) is 16.9. The third-order valence-electron chi connectivity index (χ3n) is 4.78. The van der Waals surface area contributed by atoms with Gasteiger partial charge in [-0.15, -0.1) is 0 Å². The molecule has 1 aliphatic heterocycles. The second kappa shape index (κ2) is 8.81. The van der Waals surface area contributed by atoms with Gasteiger partial charge in [0.05, 0.1) is 0 Å². The number of halogens is 1. The molecule has 26 heavy (non-hydrogen) atoms. The van der Waals surface area contributed by atoms with Crippen LogP contribution in [0.5, 0.6) is 5.75 Å². The molecule has 4 nitrogen and oxygen atoms in total. The van der Waals surface area contributed by atoms with Crippen LogP contribution in [0.25, 0.3) is 0 Å². The van der Waals surface area contributed by atoms with Crippen molar-refractivity contribution in [3.8, 4) is 5.75 Å². The number of benzene rings is 2. The first-order valence-electron chi connectivity index (χ1n) is 9.10. The Morgan fingerprint density at radius 2 is 1.85 bits per heavy atom. The van der Waals surface area contributed by atoms with Gasteiger partial charge in [-0.1, -0.05) is 37.3 Å². The quantitative estimate of drug-likeness (QED) is 0.796. The van der Waals surface area contributed by atoms with Crippen molar-refractivity contribution >= 4 is 5.91 Å². The summed E-state index contributed by atoms with van der Waals surface area (Å²) >= 11 is 0. The van der Waals surface area contributed by atoms with Crippen LogP contribution in [0, 0.1) is 5.82 Å². The van der Waals surface area contributed by atoms with Crippen LogP contribution in [-0.4, -0.2) is 48.0 Å². The molecule has 0 aliphatic carbocycles. The third kappa shape index (κ3) is 4.82. The smallest absolute Gasteiger partial charge is 0.260 e. The Bertz CT molecular complexity index is 706. The Morgan fingerprint density at radius 1 is 1.12 bits per heavy atom. The molecule has 0 bridgehead atoms. The van der Waals surface area contributed by atoms with E-state index in [-0.39, 0.29) is 24.4 Å². The lowest BCUT2D eigenvalue weighted by molar-refractivity contribution is -0.138. The minimum absolute atomic E-state index is 0.0131. The van der Waals surface area contributed by atoms with Crippen LogP contribution in [0.15, 0.2) is 54.6 Å². The Kier molecular flexibility index (Phi) is 6.23. The third-order valence-corrected chi connectivity index (χ3v) is 4.78. The van der Waals surface area contributed by atoms with E-state index in [1.165, 1.54) is 29.8 Å². The van der Waals surface area contributed by atoms with Crippen molar-refractivity contribution in [3.63, 3.8) is 0 Å². The average molecular weight is 356 g/mol. The Labute approximate surface area is 154 Å². The highest BCUT2D eigenvalue weighted by atomic mass is 19.1. The second-order valence-electron chi connectivity index (χ2n) is 6.61. The molecule has 1 amide bonds. The standard InChI is InChI=1S/C21H25FN2O2/c1-2-19-15-23(14-17-6-4-3-5-7-17)12-13-24(19)21(25)16-26-20-10-8-18(22)9-11-20/h3-11,19H,2,12-16H2,1H3/t19-/m1/s1. The summed E-state index contributed by atoms with van der Waals surface area (Å²) in [6, 6.07) is 16.3. The fourth-order valence-corrected chi connectivity index (χ4v) is 3.34. The van der Waals surface area contributed by atoms with Crippen molar-refractivity contribution in [1.29, 1.82) is 0 Å². The van der Waals surface area contributed by atoms with Crippen LogP contribution in [0.2, 0.25) is 0 Å². The van der Waals surface area contributed by atoms with Crippen molar-refractivity contribution in [2.24, 2.45) is 0 Å². The van der Waals surface area contributed by atoms with Crippen LogP contribution in [0.3, 0.4) is 0 Å².